The van der Waals surface area contributed by atoms with Crippen LogP contribution in [-0.4, -0.2) is 7.11 Å². The molecular formula is C15H17NO2. The highest BCUT2D eigenvalue weighted by Gasteiger charge is 2.01. The van der Waals surface area contributed by atoms with Crippen LogP contribution in [0.15, 0.2) is 42.5 Å². The van der Waals surface area contributed by atoms with Crippen molar-refractivity contribution in [2.75, 3.05) is 12.8 Å². The van der Waals surface area contributed by atoms with Crippen molar-refractivity contribution < 1.29 is 9.47 Å². The van der Waals surface area contributed by atoms with Crippen molar-refractivity contribution in [1.82, 2.24) is 0 Å². The Labute approximate surface area is 107 Å². The van der Waals surface area contributed by atoms with Crippen LogP contribution in [0.1, 0.15) is 11.1 Å². The van der Waals surface area contributed by atoms with Gasteiger partial charge < -0.3 is 15.2 Å². The third-order valence-corrected chi connectivity index (χ3v) is 2.69. The van der Waals surface area contributed by atoms with Gasteiger partial charge in [-0.2, -0.15) is 0 Å². The maximum absolute atomic E-state index is 5.84. The van der Waals surface area contributed by atoms with Crippen molar-refractivity contribution in [1.29, 1.82) is 0 Å². The number of hydrogen-bond acceptors (Lipinski definition) is 3. The Morgan fingerprint density at radius 2 is 1.94 bits per heavy atom. The maximum Gasteiger partial charge on any atom is 0.141 e. The average molecular weight is 243 g/mol. The van der Waals surface area contributed by atoms with Crippen LogP contribution < -0.4 is 15.2 Å². The molecule has 18 heavy (non-hydrogen) atoms. The van der Waals surface area contributed by atoms with E-state index in [1.807, 2.05) is 49.4 Å². The molecule has 0 aliphatic heterocycles. The molecule has 3 heteroatoms. The van der Waals surface area contributed by atoms with Gasteiger partial charge in [0.15, 0.2) is 0 Å². The van der Waals surface area contributed by atoms with Gasteiger partial charge in [-0.3, -0.25) is 0 Å². The molecule has 0 aromatic heterocycles. The van der Waals surface area contributed by atoms with Crippen molar-refractivity contribution in [3.63, 3.8) is 0 Å². The molecule has 0 fully saturated rings. The predicted molar refractivity (Wildman–Crippen MR) is 72.9 cm³/mol. The number of aryl methyl sites for hydroxylation is 1. The quantitative estimate of drug-likeness (QED) is 0.839. The lowest BCUT2D eigenvalue weighted by molar-refractivity contribution is 0.306. The molecule has 0 aliphatic carbocycles. The summed E-state index contributed by atoms with van der Waals surface area (Å²) in [6.45, 7) is 2.54. The van der Waals surface area contributed by atoms with Crippen LogP contribution in [0.4, 0.5) is 5.69 Å². The van der Waals surface area contributed by atoms with E-state index in [9.17, 15) is 0 Å². The first-order valence-corrected chi connectivity index (χ1v) is 5.81. The van der Waals surface area contributed by atoms with E-state index in [-0.39, 0.29) is 0 Å². The third kappa shape index (κ3) is 2.94. The predicted octanol–water partition coefficient (Wildman–Crippen LogP) is 3.16. The van der Waals surface area contributed by atoms with Crippen LogP contribution in [0.3, 0.4) is 0 Å². The molecule has 0 saturated carbocycles. The van der Waals surface area contributed by atoms with Crippen LogP contribution in [0.5, 0.6) is 11.5 Å². The zero-order chi connectivity index (χ0) is 13.0. The zero-order valence-corrected chi connectivity index (χ0v) is 10.6. The highest BCUT2D eigenvalue weighted by molar-refractivity contribution is 5.54. The molecule has 0 atom stereocenters. The number of hydrogen-bond donors (Lipinski definition) is 1. The molecule has 0 aliphatic rings. The summed E-state index contributed by atoms with van der Waals surface area (Å²) in [5.41, 5.74) is 8.68. The van der Waals surface area contributed by atoms with Crippen LogP contribution >= 0.6 is 0 Å². The van der Waals surface area contributed by atoms with Crippen molar-refractivity contribution in [3.05, 3.63) is 53.6 Å². The minimum atomic E-state index is 0.498. The van der Waals surface area contributed by atoms with Crippen LogP contribution in [-0.2, 0) is 6.61 Å². The van der Waals surface area contributed by atoms with E-state index < -0.39 is 0 Å². The molecule has 0 bridgehead atoms. The molecule has 3 nitrogen and oxygen atoms in total. The maximum atomic E-state index is 5.84. The molecule has 2 N–H and O–H groups in total. The topological polar surface area (TPSA) is 44.5 Å². The number of methoxy groups -OCH3 is 1. The van der Waals surface area contributed by atoms with E-state index in [1.54, 1.807) is 7.11 Å². The number of nitrogens with two attached hydrogens (primary N) is 1. The lowest BCUT2D eigenvalue weighted by Crippen LogP contribution is -1.98. The smallest absolute Gasteiger partial charge is 0.141 e. The van der Waals surface area contributed by atoms with Crippen molar-refractivity contribution >= 4 is 5.69 Å². The number of nitrogen functional groups attached to an aromatic ring is 1. The van der Waals surface area contributed by atoms with Gasteiger partial charge >= 0.3 is 0 Å². The molecule has 2 rings (SSSR count). The van der Waals surface area contributed by atoms with E-state index in [4.69, 9.17) is 15.2 Å². The van der Waals surface area contributed by atoms with E-state index >= 15 is 0 Å². The molecule has 0 spiro atoms. The van der Waals surface area contributed by atoms with E-state index in [1.165, 1.54) is 5.56 Å². The molecular weight excluding hydrogens is 226 g/mol. The monoisotopic (exact) mass is 243 g/mol. The Bertz CT molecular complexity index is 538. The minimum absolute atomic E-state index is 0.498. The lowest BCUT2D eigenvalue weighted by Gasteiger charge is -2.09. The third-order valence-electron chi connectivity index (χ3n) is 2.69. The summed E-state index contributed by atoms with van der Waals surface area (Å²) in [5.74, 6) is 1.55. The van der Waals surface area contributed by atoms with Crippen molar-refractivity contribution in [2.45, 2.75) is 13.5 Å². The van der Waals surface area contributed by atoms with Gasteiger partial charge in [0.2, 0.25) is 0 Å². The molecule has 2 aromatic rings. The number of anilines is 1. The van der Waals surface area contributed by atoms with Gasteiger partial charge in [-0.15, -0.1) is 0 Å². The first-order valence-electron chi connectivity index (χ1n) is 5.81. The molecule has 0 unspecified atom stereocenters. The largest absolute Gasteiger partial charge is 0.495 e. The fourth-order valence-electron chi connectivity index (χ4n) is 1.75. The van der Waals surface area contributed by atoms with Crippen molar-refractivity contribution in [3.8, 4) is 11.5 Å². The minimum Gasteiger partial charge on any atom is -0.495 e. The van der Waals surface area contributed by atoms with Gasteiger partial charge in [-0.05, 0) is 42.3 Å². The fourth-order valence-corrected chi connectivity index (χ4v) is 1.75. The standard InChI is InChI=1S/C15H17NO2/c1-11-4-3-5-13(8-11)18-10-12-6-7-15(17-2)14(16)9-12/h3-9H,10,16H2,1-2H3. The van der Waals surface area contributed by atoms with E-state index in [2.05, 4.69) is 0 Å². The van der Waals surface area contributed by atoms with Gasteiger partial charge in [0.05, 0.1) is 12.8 Å². The summed E-state index contributed by atoms with van der Waals surface area (Å²) in [4.78, 5) is 0. The van der Waals surface area contributed by atoms with Crippen molar-refractivity contribution in [2.24, 2.45) is 0 Å². The van der Waals surface area contributed by atoms with E-state index in [0.29, 0.717) is 18.0 Å². The van der Waals surface area contributed by atoms with Crippen LogP contribution in [0.25, 0.3) is 0 Å². The Hall–Kier alpha value is -2.16. The highest BCUT2D eigenvalue weighted by Crippen LogP contribution is 2.23. The van der Waals surface area contributed by atoms with Crippen LogP contribution in [0, 0.1) is 6.92 Å². The Morgan fingerprint density at radius 3 is 2.61 bits per heavy atom. The van der Waals surface area contributed by atoms with E-state index in [0.717, 1.165) is 11.3 Å². The number of ether oxygens (including phenoxy) is 2. The lowest BCUT2D eigenvalue weighted by atomic mass is 10.2. The normalized spacial score (nSPS) is 10.1. The molecule has 0 heterocycles. The molecule has 0 amide bonds. The van der Waals surface area contributed by atoms with Gasteiger partial charge in [0.25, 0.3) is 0 Å². The first-order chi connectivity index (χ1) is 8.69. The van der Waals surface area contributed by atoms with Gasteiger partial charge in [0, 0.05) is 0 Å². The van der Waals surface area contributed by atoms with Crippen LogP contribution in [0.2, 0.25) is 0 Å². The Morgan fingerprint density at radius 1 is 1.11 bits per heavy atom. The summed E-state index contributed by atoms with van der Waals surface area (Å²) in [6.07, 6.45) is 0. The number of benzene rings is 2. The zero-order valence-electron chi connectivity index (χ0n) is 10.6. The second kappa shape index (κ2) is 5.45. The van der Waals surface area contributed by atoms with Gasteiger partial charge in [0.1, 0.15) is 18.1 Å². The summed E-state index contributed by atoms with van der Waals surface area (Å²) in [5, 5.41) is 0. The summed E-state index contributed by atoms with van der Waals surface area (Å²) >= 11 is 0. The SMILES string of the molecule is COc1ccc(COc2cccc(C)c2)cc1N. The summed E-state index contributed by atoms with van der Waals surface area (Å²) in [6, 6.07) is 13.6. The molecule has 94 valence electrons. The fraction of sp³-hybridized carbons (Fsp3) is 0.200. The van der Waals surface area contributed by atoms with Gasteiger partial charge in [-0.25, -0.2) is 0 Å². The average Bonchev–Trinajstić information content (AvgIpc) is 2.37. The Balaban J connectivity index is 2.04. The second-order valence-electron chi connectivity index (χ2n) is 4.18. The van der Waals surface area contributed by atoms with Gasteiger partial charge in [-0.1, -0.05) is 18.2 Å². The molecule has 0 radical (unpaired) electrons. The molecule has 2 aromatic carbocycles. The second-order valence-corrected chi connectivity index (χ2v) is 4.18. The number of rotatable bonds is 4. The highest BCUT2D eigenvalue weighted by atomic mass is 16.5. The Kier molecular flexibility index (Phi) is 3.72. The summed E-state index contributed by atoms with van der Waals surface area (Å²) in [7, 11) is 1.61. The molecule has 0 saturated heterocycles. The first kappa shape index (κ1) is 12.3. The summed E-state index contributed by atoms with van der Waals surface area (Å²) < 4.78 is 10.8.